The van der Waals surface area contributed by atoms with E-state index >= 15 is 0 Å². The maximum Gasteiger partial charge on any atom is 0.0477 e. The van der Waals surface area contributed by atoms with Crippen LogP contribution in [0.25, 0.3) is 0 Å². The largest absolute Gasteiger partial charge is 0.382 e. The molecule has 2 unspecified atom stereocenters. The van der Waals surface area contributed by atoms with E-state index in [1.54, 1.807) is 0 Å². The summed E-state index contributed by atoms with van der Waals surface area (Å²) in [6.45, 7) is 10.1. The van der Waals surface area contributed by atoms with E-state index in [0.717, 1.165) is 37.7 Å². The molecule has 1 aromatic carbocycles. The highest BCUT2D eigenvalue weighted by Crippen LogP contribution is 2.23. The lowest BCUT2D eigenvalue weighted by Crippen LogP contribution is -2.39. The van der Waals surface area contributed by atoms with E-state index in [-0.39, 0.29) is 0 Å². The van der Waals surface area contributed by atoms with Gasteiger partial charge in [-0.05, 0) is 58.5 Å². The molecule has 3 nitrogen and oxygen atoms in total. The van der Waals surface area contributed by atoms with E-state index in [1.165, 1.54) is 5.56 Å². The molecule has 21 heavy (non-hydrogen) atoms. The number of nitrogens with one attached hydrogen (secondary N) is 1. The summed E-state index contributed by atoms with van der Waals surface area (Å²) >= 11 is 6.07. The van der Waals surface area contributed by atoms with Crippen LogP contribution >= 0.6 is 11.6 Å². The van der Waals surface area contributed by atoms with Gasteiger partial charge in [-0.1, -0.05) is 23.7 Å². The first-order valence-electron chi connectivity index (χ1n) is 7.82. The van der Waals surface area contributed by atoms with Crippen molar-refractivity contribution in [2.75, 3.05) is 33.4 Å². The molecule has 0 aliphatic heterocycles. The number of ether oxygens (including phenoxy) is 1. The van der Waals surface area contributed by atoms with Crippen LogP contribution < -0.4 is 5.32 Å². The lowest BCUT2D eigenvalue weighted by molar-refractivity contribution is 0.143. The fourth-order valence-corrected chi connectivity index (χ4v) is 2.48. The fraction of sp³-hybridized carbons (Fsp3) is 0.647. The van der Waals surface area contributed by atoms with Gasteiger partial charge in [0, 0.05) is 36.9 Å². The van der Waals surface area contributed by atoms with Crippen molar-refractivity contribution in [3.63, 3.8) is 0 Å². The van der Waals surface area contributed by atoms with Crippen LogP contribution in [0.4, 0.5) is 0 Å². The molecule has 1 N–H and O–H groups in total. The number of benzene rings is 1. The van der Waals surface area contributed by atoms with Gasteiger partial charge in [0.2, 0.25) is 0 Å². The first-order chi connectivity index (χ1) is 10.1. The lowest BCUT2D eigenvalue weighted by Gasteiger charge is -2.31. The number of halogens is 1. The Morgan fingerprint density at radius 2 is 2.10 bits per heavy atom. The third kappa shape index (κ3) is 6.79. The van der Waals surface area contributed by atoms with Crippen molar-refractivity contribution in [3.8, 4) is 0 Å². The molecule has 0 aromatic heterocycles. The third-order valence-electron chi connectivity index (χ3n) is 3.92. The molecular weight excluding hydrogens is 284 g/mol. The van der Waals surface area contributed by atoms with E-state index in [0.29, 0.717) is 12.1 Å². The van der Waals surface area contributed by atoms with Crippen LogP contribution in [0.1, 0.15) is 38.8 Å². The van der Waals surface area contributed by atoms with Crippen LogP contribution in [0.3, 0.4) is 0 Å². The van der Waals surface area contributed by atoms with Crippen molar-refractivity contribution in [1.29, 1.82) is 0 Å². The first kappa shape index (κ1) is 18.4. The molecule has 0 radical (unpaired) electrons. The number of likely N-dealkylation sites (N-methyl/N-ethyl adjacent to an activating group) is 1. The van der Waals surface area contributed by atoms with E-state index in [2.05, 4.69) is 37.2 Å². The second kappa shape index (κ2) is 10.2. The average molecular weight is 313 g/mol. The molecule has 0 saturated carbocycles. The van der Waals surface area contributed by atoms with Gasteiger partial charge in [-0.2, -0.15) is 0 Å². The molecule has 0 aliphatic carbocycles. The van der Waals surface area contributed by atoms with Gasteiger partial charge in [0.15, 0.2) is 0 Å². The normalized spacial score (nSPS) is 14.4. The Kier molecular flexibility index (Phi) is 8.93. The Morgan fingerprint density at radius 1 is 1.33 bits per heavy atom. The molecule has 4 heteroatoms. The quantitative estimate of drug-likeness (QED) is 0.666. The van der Waals surface area contributed by atoms with Crippen molar-refractivity contribution < 1.29 is 4.74 Å². The molecular formula is C17H29ClN2O. The average Bonchev–Trinajstić information content (AvgIpc) is 2.49. The molecule has 0 spiro atoms. The maximum absolute atomic E-state index is 6.07. The van der Waals surface area contributed by atoms with Gasteiger partial charge in [0.1, 0.15) is 0 Å². The van der Waals surface area contributed by atoms with Crippen molar-refractivity contribution in [1.82, 2.24) is 10.2 Å². The maximum atomic E-state index is 6.07. The van der Waals surface area contributed by atoms with Crippen LogP contribution in [-0.4, -0.2) is 44.3 Å². The highest BCUT2D eigenvalue weighted by molar-refractivity contribution is 6.30. The van der Waals surface area contributed by atoms with Crippen molar-refractivity contribution in [3.05, 3.63) is 34.9 Å². The van der Waals surface area contributed by atoms with E-state index in [4.69, 9.17) is 16.3 Å². The number of hydrogen-bond acceptors (Lipinski definition) is 3. The number of rotatable bonds is 10. The molecule has 0 heterocycles. The van der Waals surface area contributed by atoms with Gasteiger partial charge in [0.05, 0.1) is 0 Å². The minimum atomic E-state index is 0.351. The Morgan fingerprint density at radius 3 is 2.76 bits per heavy atom. The number of hydrogen-bond donors (Lipinski definition) is 1. The monoisotopic (exact) mass is 312 g/mol. The molecule has 0 fully saturated rings. The summed E-state index contributed by atoms with van der Waals surface area (Å²) in [7, 11) is 2.16. The van der Waals surface area contributed by atoms with Gasteiger partial charge in [-0.3, -0.25) is 4.90 Å². The minimum Gasteiger partial charge on any atom is -0.382 e. The zero-order chi connectivity index (χ0) is 15.7. The predicted octanol–water partition coefficient (Wildman–Crippen LogP) is 3.74. The summed E-state index contributed by atoms with van der Waals surface area (Å²) in [4.78, 5) is 2.38. The smallest absolute Gasteiger partial charge is 0.0477 e. The zero-order valence-corrected chi connectivity index (χ0v) is 14.5. The standard InChI is InChI=1S/C17H29ClN2O/c1-5-21-11-7-10-19-13-14(2)20(4)15(3)16-8-6-9-17(18)12-16/h6,8-9,12,14-15,19H,5,7,10-11,13H2,1-4H3. The van der Waals surface area contributed by atoms with Crippen LogP contribution in [0, 0.1) is 0 Å². The molecule has 2 atom stereocenters. The highest BCUT2D eigenvalue weighted by Gasteiger charge is 2.17. The predicted molar refractivity (Wildman–Crippen MR) is 91.1 cm³/mol. The van der Waals surface area contributed by atoms with Gasteiger partial charge in [0.25, 0.3) is 0 Å². The Bertz CT molecular complexity index is 400. The lowest BCUT2D eigenvalue weighted by atomic mass is 10.1. The first-order valence-corrected chi connectivity index (χ1v) is 8.20. The van der Waals surface area contributed by atoms with Gasteiger partial charge < -0.3 is 10.1 Å². The molecule has 0 aliphatic rings. The second-order valence-corrected chi connectivity index (χ2v) is 5.94. The molecule has 0 bridgehead atoms. The summed E-state index contributed by atoms with van der Waals surface area (Å²) in [5, 5.41) is 4.30. The van der Waals surface area contributed by atoms with E-state index in [9.17, 15) is 0 Å². The van der Waals surface area contributed by atoms with Crippen LogP contribution in [0.5, 0.6) is 0 Å². The van der Waals surface area contributed by atoms with Crippen molar-refractivity contribution >= 4 is 11.6 Å². The fourth-order valence-electron chi connectivity index (χ4n) is 2.28. The number of nitrogens with zero attached hydrogens (tertiary/aromatic N) is 1. The SMILES string of the molecule is CCOCCCNCC(C)N(C)C(C)c1cccc(Cl)c1. The molecule has 120 valence electrons. The molecule has 1 rings (SSSR count). The Hall–Kier alpha value is -0.610. The summed E-state index contributed by atoms with van der Waals surface area (Å²) in [5.41, 5.74) is 1.26. The van der Waals surface area contributed by atoms with Crippen LogP contribution in [-0.2, 0) is 4.74 Å². The molecule has 0 saturated heterocycles. The summed E-state index contributed by atoms with van der Waals surface area (Å²) in [5.74, 6) is 0. The topological polar surface area (TPSA) is 24.5 Å². The Balaban J connectivity index is 2.34. The van der Waals surface area contributed by atoms with Crippen molar-refractivity contribution in [2.45, 2.75) is 39.3 Å². The zero-order valence-electron chi connectivity index (χ0n) is 13.7. The summed E-state index contributed by atoms with van der Waals surface area (Å²) < 4.78 is 5.33. The van der Waals surface area contributed by atoms with Crippen molar-refractivity contribution in [2.24, 2.45) is 0 Å². The van der Waals surface area contributed by atoms with Gasteiger partial charge >= 0.3 is 0 Å². The third-order valence-corrected chi connectivity index (χ3v) is 4.16. The van der Waals surface area contributed by atoms with E-state index in [1.807, 2.05) is 25.1 Å². The van der Waals surface area contributed by atoms with Crippen LogP contribution in [0.15, 0.2) is 24.3 Å². The second-order valence-electron chi connectivity index (χ2n) is 5.50. The minimum absolute atomic E-state index is 0.351. The highest BCUT2D eigenvalue weighted by atomic mass is 35.5. The van der Waals surface area contributed by atoms with Crippen LogP contribution in [0.2, 0.25) is 5.02 Å². The van der Waals surface area contributed by atoms with E-state index < -0.39 is 0 Å². The Labute approximate surface area is 134 Å². The molecule has 0 amide bonds. The van der Waals surface area contributed by atoms with Gasteiger partial charge in [-0.15, -0.1) is 0 Å². The summed E-state index contributed by atoms with van der Waals surface area (Å²) in [6.07, 6.45) is 1.06. The molecule has 1 aromatic rings. The summed E-state index contributed by atoms with van der Waals surface area (Å²) in [6, 6.07) is 8.93. The van der Waals surface area contributed by atoms with Gasteiger partial charge in [-0.25, -0.2) is 0 Å².